The first-order valence-electron chi connectivity index (χ1n) is 8.74. The van der Waals surface area contributed by atoms with E-state index in [1.807, 2.05) is 31.2 Å². The maximum atomic E-state index is 13.0. The molecule has 0 spiro atoms. The van der Waals surface area contributed by atoms with Crippen molar-refractivity contribution in [1.82, 2.24) is 4.90 Å². The molecule has 7 nitrogen and oxygen atoms in total. The van der Waals surface area contributed by atoms with Gasteiger partial charge in [-0.05, 0) is 31.2 Å². The van der Waals surface area contributed by atoms with Crippen LogP contribution in [0.1, 0.15) is 13.3 Å². The van der Waals surface area contributed by atoms with Gasteiger partial charge in [-0.1, -0.05) is 30.3 Å². The Morgan fingerprint density at radius 2 is 1.81 bits per heavy atom. The fourth-order valence-corrected chi connectivity index (χ4v) is 3.06. The molecule has 27 heavy (non-hydrogen) atoms. The monoisotopic (exact) mass is 366 g/mol. The zero-order valence-corrected chi connectivity index (χ0v) is 15.3. The summed E-state index contributed by atoms with van der Waals surface area (Å²) in [5, 5.41) is 5.57. The first kappa shape index (κ1) is 18.4. The number of carbonyl (C=O) groups excluding carboxylic acids is 3. The lowest BCUT2D eigenvalue weighted by atomic mass is 10.1. The number of hydrogen-bond donors (Lipinski definition) is 2. The van der Waals surface area contributed by atoms with E-state index in [1.54, 1.807) is 42.3 Å². The van der Waals surface area contributed by atoms with Crippen LogP contribution in [0.5, 0.6) is 0 Å². The number of rotatable bonds is 3. The molecule has 0 fully saturated rings. The summed E-state index contributed by atoms with van der Waals surface area (Å²) in [4.78, 5) is 40.3. The molecule has 0 saturated heterocycles. The van der Waals surface area contributed by atoms with Crippen molar-refractivity contribution in [2.24, 2.45) is 0 Å². The van der Waals surface area contributed by atoms with Gasteiger partial charge in [-0.2, -0.15) is 0 Å². The molecule has 2 aromatic rings. The number of anilines is 3. The van der Waals surface area contributed by atoms with Crippen LogP contribution in [-0.2, 0) is 9.59 Å². The second-order valence-corrected chi connectivity index (χ2v) is 6.53. The van der Waals surface area contributed by atoms with Crippen LogP contribution in [0.3, 0.4) is 0 Å². The summed E-state index contributed by atoms with van der Waals surface area (Å²) < 4.78 is 0. The second kappa shape index (κ2) is 7.90. The zero-order valence-electron chi connectivity index (χ0n) is 15.3. The van der Waals surface area contributed by atoms with E-state index in [9.17, 15) is 14.4 Å². The third-order valence-electron chi connectivity index (χ3n) is 4.37. The predicted molar refractivity (Wildman–Crippen MR) is 105 cm³/mol. The van der Waals surface area contributed by atoms with E-state index in [1.165, 1.54) is 4.90 Å². The van der Waals surface area contributed by atoms with Gasteiger partial charge in [-0.15, -0.1) is 0 Å². The molecule has 2 aromatic carbocycles. The lowest BCUT2D eigenvalue weighted by Gasteiger charge is -2.29. The molecule has 2 N–H and O–H groups in total. The molecule has 0 radical (unpaired) electrons. The summed E-state index contributed by atoms with van der Waals surface area (Å²) in [5.41, 5.74) is 1.89. The normalized spacial score (nSPS) is 16.0. The Bertz CT molecular complexity index is 853. The van der Waals surface area contributed by atoms with Gasteiger partial charge in [-0.3, -0.25) is 9.59 Å². The highest BCUT2D eigenvalue weighted by Crippen LogP contribution is 2.31. The largest absolute Gasteiger partial charge is 0.324 e. The first-order chi connectivity index (χ1) is 13.0. The van der Waals surface area contributed by atoms with Crippen molar-refractivity contribution in [3.05, 3.63) is 54.6 Å². The Labute approximate surface area is 158 Å². The van der Waals surface area contributed by atoms with Gasteiger partial charge in [0.25, 0.3) is 0 Å². The second-order valence-electron chi connectivity index (χ2n) is 6.53. The molecule has 3 rings (SSSR count). The van der Waals surface area contributed by atoms with E-state index < -0.39 is 0 Å². The molecule has 0 aromatic heterocycles. The summed E-state index contributed by atoms with van der Waals surface area (Å²) in [6.45, 7) is 1.72. The quantitative estimate of drug-likeness (QED) is 0.876. The molecule has 1 aliphatic rings. The Hall–Kier alpha value is -3.35. The lowest BCUT2D eigenvalue weighted by molar-refractivity contribution is -0.119. The highest BCUT2D eigenvalue weighted by atomic mass is 16.2. The van der Waals surface area contributed by atoms with Crippen LogP contribution in [0, 0.1) is 0 Å². The number of para-hydroxylation sites is 3. The minimum atomic E-state index is -0.375. The minimum absolute atomic E-state index is 0.106. The number of benzene rings is 2. The van der Waals surface area contributed by atoms with Crippen molar-refractivity contribution in [1.29, 1.82) is 0 Å². The highest BCUT2D eigenvalue weighted by Gasteiger charge is 2.30. The van der Waals surface area contributed by atoms with Crippen LogP contribution < -0.4 is 15.5 Å². The van der Waals surface area contributed by atoms with E-state index >= 15 is 0 Å². The molecule has 4 amide bonds. The summed E-state index contributed by atoms with van der Waals surface area (Å²) in [6.07, 6.45) is 0.195. The van der Waals surface area contributed by atoms with Crippen molar-refractivity contribution in [3.63, 3.8) is 0 Å². The molecule has 0 saturated carbocycles. The summed E-state index contributed by atoms with van der Waals surface area (Å²) >= 11 is 0. The number of nitrogens with zero attached hydrogens (tertiary/aromatic N) is 2. The average molecular weight is 366 g/mol. The van der Waals surface area contributed by atoms with Gasteiger partial charge in [0.15, 0.2) is 0 Å². The Kier molecular flexibility index (Phi) is 5.40. The molecule has 140 valence electrons. The number of nitrogens with one attached hydrogen (secondary N) is 2. The first-order valence-corrected chi connectivity index (χ1v) is 8.74. The summed E-state index contributed by atoms with van der Waals surface area (Å²) in [7, 11) is 1.56. The number of amides is 4. The molecule has 1 atom stereocenters. The van der Waals surface area contributed by atoms with Gasteiger partial charge in [0.2, 0.25) is 11.8 Å². The van der Waals surface area contributed by atoms with E-state index in [-0.39, 0.29) is 36.9 Å². The Balaban J connectivity index is 1.74. The van der Waals surface area contributed by atoms with Crippen molar-refractivity contribution < 1.29 is 14.4 Å². The van der Waals surface area contributed by atoms with Crippen LogP contribution in [0.2, 0.25) is 0 Å². The summed E-state index contributed by atoms with van der Waals surface area (Å²) in [5.74, 6) is -0.391. The van der Waals surface area contributed by atoms with Crippen molar-refractivity contribution in [2.75, 3.05) is 29.1 Å². The van der Waals surface area contributed by atoms with Crippen LogP contribution in [-0.4, -0.2) is 42.4 Å². The van der Waals surface area contributed by atoms with E-state index in [4.69, 9.17) is 0 Å². The van der Waals surface area contributed by atoms with Crippen LogP contribution in [0.4, 0.5) is 21.9 Å². The van der Waals surface area contributed by atoms with Gasteiger partial charge in [-0.25, -0.2) is 4.79 Å². The van der Waals surface area contributed by atoms with Gasteiger partial charge in [0.1, 0.15) is 6.54 Å². The topological polar surface area (TPSA) is 81.8 Å². The standard InChI is InChI=1S/C20H22N4O3/c1-14-12-18(25)22-16-10-6-7-11-17(16)24(14)19(26)13-23(2)20(27)21-15-8-4-3-5-9-15/h3-11,14H,12-13H2,1-2H3,(H,21,27)(H,22,25)/t14-/m1/s1. The van der Waals surface area contributed by atoms with E-state index in [2.05, 4.69) is 10.6 Å². The number of fused-ring (bicyclic) bond motifs is 1. The lowest BCUT2D eigenvalue weighted by Crippen LogP contribution is -2.46. The maximum absolute atomic E-state index is 13.0. The smallest absolute Gasteiger partial charge is 0.322 e. The third-order valence-corrected chi connectivity index (χ3v) is 4.37. The predicted octanol–water partition coefficient (Wildman–Crippen LogP) is 2.91. The molecular weight excluding hydrogens is 344 g/mol. The molecule has 1 heterocycles. The molecule has 1 aliphatic heterocycles. The minimum Gasteiger partial charge on any atom is -0.324 e. The molecule has 0 unspecified atom stereocenters. The number of carbonyl (C=O) groups is 3. The molecular formula is C20H22N4O3. The molecule has 7 heteroatoms. The average Bonchev–Trinajstić information content (AvgIpc) is 2.76. The van der Waals surface area contributed by atoms with Crippen molar-refractivity contribution >= 4 is 34.9 Å². The fourth-order valence-electron chi connectivity index (χ4n) is 3.06. The Morgan fingerprint density at radius 1 is 1.15 bits per heavy atom. The SMILES string of the molecule is C[C@@H]1CC(=O)Nc2ccccc2N1C(=O)CN(C)C(=O)Nc1ccccc1. The highest BCUT2D eigenvalue weighted by molar-refractivity contribution is 6.05. The van der Waals surface area contributed by atoms with E-state index in [0.717, 1.165) is 0 Å². The van der Waals surface area contributed by atoms with Crippen molar-refractivity contribution in [2.45, 2.75) is 19.4 Å². The third kappa shape index (κ3) is 4.25. The molecule has 0 bridgehead atoms. The summed E-state index contributed by atoms with van der Waals surface area (Å²) in [6, 6.07) is 15.5. The van der Waals surface area contributed by atoms with Gasteiger partial charge >= 0.3 is 6.03 Å². The van der Waals surface area contributed by atoms with Crippen molar-refractivity contribution in [3.8, 4) is 0 Å². The van der Waals surface area contributed by atoms with Gasteiger partial charge in [0, 0.05) is 25.2 Å². The van der Waals surface area contributed by atoms with Crippen LogP contribution in [0.25, 0.3) is 0 Å². The van der Waals surface area contributed by atoms with Gasteiger partial charge in [0.05, 0.1) is 11.4 Å². The van der Waals surface area contributed by atoms with Crippen LogP contribution in [0.15, 0.2) is 54.6 Å². The molecule has 0 aliphatic carbocycles. The zero-order chi connectivity index (χ0) is 19.4. The number of urea groups is 1. The van der Waals surface area contributed by atoms with Gasteiger partial charge < -0.3 is 20.4 Å². The fraction of sp³-hybridized carbons (Fsp3) is 0.250. The van der Waals surface area contributed by atoms with Crippen LogP contribution >= 0.6 is 0 Å². The Morgan fingerprint density at radius 3 is 2.56 bits per heavy atom. The van der Waals surface area contributed by atoms with E-state index in [0.29, 0.717) is 17.1 Å². The number of likely N-dealkylation sites (N-methyl/N-ethyl adjacent to an activating group) is 1. The maximum Gasteiger partial charge on any atom is 0.322 e. The number of hydrogen-bond acceptors (Lipinski definition) is 3.